The predicted octanol–water partition coefficient (Wildman–Crippen LogP) is 4.39. The second-order valence-electron chi connectivity index (χ2n) is 5.82. The van der Waals surface area contributed by atoms with E-state index in [9.17, 15) is 5.11 Å². The summed E-state index contributed by atoms with van der Waals surface area (Å²) < 4.78 is 0. The van der Waals surface area contributed by atoms with Crippen molar-refractivity contribution < 1.29 is 5.11 Å². The van der Waals surface area contributed by atoms with Crippen LogP contribution in [0.4, 0.5) is 0 Å². The lowest BCUT2D eigenvalue weighted by Crippen LogP contribution is -2.16. The van der Waals surface area contributed by atoms with Gasteiger partial charge in [-0.3, -0.25) is 0 Å². The van der Waals surface area contributed by atoms with E-state index in [-0.39, 0.29) is 6.10 Å². The van der Waals surface area contributed by atoms with Crippen LogP contribution < -0.4 is 0 Å². The Morgan fingerprint density at radius 3 is 2.00 bits per heavy atom. The molecule has 0 saturated carbocycles. The van der Waals surface area contributed by atoms with Crippen molar-refractivity contribution in [2.75, 3.05) is 0 Å². The fraction of sp³-hybridized carbons (Fsp3) is 1.00. The minimum absolute atomic E-state index is 0.0899. The van der Waals surface area contributed by atoms with E-state index in [2.05, 4.69) is 34.6 Å². The molecule has 0 radical (unpaired) electrons. The van der Waals surface area contributed by atoms with Gasteiger partial charge in [0.15, 0.2) is 0 Å². The first-order valence-electron chi connectivity index (χ1n) is 6.59. The molecule has 0 aromatic rings. The topological polar surface area (TPSA) is 20.2 Å². The quantitative estimate of drug-likeness (QED) is 0.635. The molecule has 0 bridgehead atoms. The number of rotatable bonds is 8. The summed E-state index contributed by atoms with van der Waals surface area (Å²) in [5, 5.41) is 9.54. The second kappa shape index (κ2) is 7.27. The summed E-state index contributed by atoms with van der Waals surface area (Å²) in [5.41, 5.74) is 0.402. The molecule has 0 aromatic heterocycles. The maximum atomic E-state index is 9.54. The summed E-state index contributed by atoms with van der Waals surface area (Å²) in [6.45, 7) is 11.3. The number of aliphatic hydroxyl groups is 1. The smallest absolute Gasteiger partial charge is 0.0537 e. The molecule has 92 valence electrons. The third kappa shape index (κ3) is 7.84. The highest BCUT2D eigenvalue weighted by molar-refractivity contribution is 4.71. The van der Waals surface area contributed by atoms with E-state index in [1.165, 1.54) is 19.3 Å². The van der Waals surface area contributed by atoms with Gasteiger partial charge in [0.2, 0.25) is 0 Å². The fourth-order valence-corrected chi connectivity index (χ4v) is 1.73. The molecule has 0 amide bonds. The van der Waals surface area contributed by atoms with Crippen molar-refractivity contribution in [1.82, 2.24) is 0 Å². The Morgan fingerprint density at radius 2 is 1.53 bits per heavy atom. The van der Waals surface area contributed by atoms with Crippen molar-refractivity contribution in [2.45, 2.75) is 79.2 Å². The molecule has 1 heteroatoms. The molecule has 15 heavy (non-hydrogen) atoms. The molecule has 0 aromatic carbocycles. The van der Waals surface area contributed by atoms with Crippen LogP contribution in [0.5, 0.6) is 0 Å². The fourth-order valence-electron chi connectivity index (χ4n) is 1.73. The van der Waals surface area contributed by atoms with E-state index in [0.717, 1.165) is 25.2 Å². The first-order valence-corrected chi connectivity index (χ1v) is 6.59. The lowest BCUT2D eigenvalue weighted by Gasteiger charge is -2.27. The van der Waals surface area contributed by atoms with Crippen LogP contribution in [0.25, 0.3) is 0 Å². The third-order valence-corrected chi connectivity index (χ3v) is 3.64. The van der Waals surface area contributed by atoms with Gasteiger partial charge in [-0.25, -0.2) is 0 Å². The maximum Gasteiger partial charge on any atom is 0.0537 e. The molecule has 0 heterocycles. The standard InChI is InChI=1S/C14H30O/c1-6-12(3)8-10-14(4,5)11-9-13(15)7-2/h12-13,15H,6-11H2,1-5H3/t12-,13+/m0/s1. The Morgan fingerprint density at radius 1 is 1.00 bits per heavy atom. The van der Waals surface area contributed by atoms with Crippen molar-refractivity contribution in [3.63, 3.8) is 0 Å². The minimum Gasteiger partial charge on any atom is -0.393 e. The van der Waals surface area contributed by atoms with Gasteiger partial charge in [-0.15, -0.1) is 0 Å². The Bertz CT molecular complexity index is 135. The van der Waals surface area contributed by atoms with E-state index in [0.29, 0.717) is 5.41 Å². The molecular formula is C14H30O. The van der Waals surface area contributed by atoms with E-state index >= 15 is 0 Å². The zero-order chi connectivity index (χ0) is 11.9. The lowest BCUT2D eigenvalue weighted by molar-refractivity contribution is 0.133. The molecule has 0 fully saturated rings. The minimum atomic E-state index is -0.0899. The highest BCUT2D eigenvalue weighted by Crippen LogP contribution is 2.31. The maximum absolute atomic E-state index is 9.54. The number of aliphatic hydroxyl groups excluding tert-OH is 1. The SMILES string of the molecule is CC[C@H](C)CCC(C)(C)CC[C@H](O)CC. The summed E-state index contributed by atoms with van der Waals surface area (Å²) in [7, 11) is 0. The zero-order valence-electron chi connectivity index (χ0n) is 11.3. The van der Waals surface area contributed by atoms with Gasteiger partial charge in [0.25, 0.3) is 0 Å². The molecule has 0 aliphatic carbocycles. The molecule has 2 atom stereocenters. The van der Waals surface area contributed by atoms with Crippen LogP contribution in [-0.4, -0.2) is 11.2 Å². The normalized spacial score (nSPS) is 16.4. The lowest BCUT2D eigenvalue weighted by atomic mass is 9.80. The highest BCUT2D eigenvalue weighted by atomic mass is 16.3. The summed E-state index contributed by atoms with van der Waals surface area (Å²) in [5.74, 6) is 0.848. The van der Waals surface area contributed by atoms with E-state index in [1.807, 2.05) is 0 Å². The average Bonchev–Trinajstić information content (AvgIpc) is 2.22. The first kappa shape index (κ1) is 15.0. The first-order chi connectivity index (χ1) is 6.91. The number of hydrogen-bond donors (Lipinski definition) is 1. The largest absolute Gasteiger partial charge is 0.393 e. The molecular weight excluding hydrogens is 184 g/mol. The van der Waals surface area contributed by atoms with Gasteiger partial charge in [0, 0.05) is 0 Å². The molecule has 1 N–H and O–H groups in total. The van der Waals surface area contributed by atoms with Gasteiger partial charge < -0.3 is 5.11 Å². The summed E-state index contributed by atoms with van der Waals surface area (Å²) >= 11 is 0. The molecule has 0 rings (SSSR count). The molecule has 1 nitrogen and oxygen atoms in total. The monoisotopic (exact) mass is 214 g/mol. The Kier molecular flexibility index (Phi) is 7.25. The Hall–Kier alpha value is -0.0400. The van der Waals surface area contributed by atoms with Crippen molar-refractivity contribution in [3.8, 4) is 0 Å². The van der Waals surface area contributed by atoms with Crippen LogP contribution in [0.3, 0.4) is 0 Å². The average molecular weight is 214 g/mol. The summed E-state index contributed by atoms with van der Waals surface area (Å²) in [6, 6.07) is 0. The molecule has 0 unspecified atom stereocenters. The third-order valence-electron chi connectivity index (χ3n) is 3.64. The van der Waals surface area contributed by atoms with Crippen molar-refractivity contribution in [1.29, 1.82) is 0 Å². The number of hydrogen-bond acceptors (Lipinski definition) is 1. The van der Waals surface area contributed by atoms with Crippen molar-refractivity contribution >= 4 is 0 Å². The van der Waals surface area contributed by atoms with Gasteiger partial charge in [0.05, 0.1) is 6.10 Å². The Balaban J connectivity index is 3.75. The van der Waals surface area contributed by atoms with E-state index in [4.69, 9.17) is 0 Å². The molecule has 0 saturated heterocycles. The van der Waals surface area contributed by atoms with Crippen LogP contribution in [0.1, 0.15) is 73.1 Å². The summed E-state index contributed by atoms with van der Waals surface area (Å²) in [6.07, 6.45) is 6.81. The van der Waals surface area contributed by atoms with Gasteiger partial charge >= 0.3 is 0 Å². The Labute approximate surface area is 96.3 Å². The van der Waals surface area contributed by atoms with E-state index in [1.54, 1.807) is 0 Å². The van der Waals surface area contributed by atoms with Crippen molar-refractivity contribution in [3.05, 3.63) is 0 Å². The molecule has 0 aliphatic rings. The van der Waals surface area contributed by atoms with Gasteiger partial charge in [-0.2, -0.15) is 0 Å². The highest BCUT2D eigenvalue weighted by Gasteiger charge is 2.19. The van der Waals surface area contributed by atoms with Crippen LogP contribution in [0, 0.1) is 11.3 Å². The van der Waals surface area contributed by atoms with Crippen molar-refractivity contribution in [2.24, 2.45) is 11.3 Å². The van der Waals surface area contributed by atoms with Gasteiger partial charge in [0.1, 0.15) is 0 Å². The zero-order valence-corrected chi connectivity index (χ0v) is 11.3. The predicted molar refractivity (Wildman–Crippen MR) is 68.0 cm³/mol. The molecule has 0 spiro atoms. The molecule has 0 aliphatic heterocycles. The van der Waals surface area contributed by atoms with Gasteiger partial charge in [-0.05, 0) is 37.0 Å². The van der Waals surface area contributed by atoms with Crippen LogP contribution in [0.15, 0.2) is 0 Å². The second-order valence-corrected chi connectivity index (χ2v) is 5.82. The summed E-state index contributed by atoms with van der Waals surface area (Å²) in [4.78, 5) is 0. The van der Waals surface area contributed by atoms with Crippen LogP contribution >= 0.6 is 0 Å². The van der Waals surface area contributed by atoms with Crippen LogP contribution in [0.2, 0.25) is 0 Å². The van der Waals surface area contributed by atoms with Crippen LogP contribution in [-0.2, 0) is 0 Å². The van der Waals surface area contributed by atoms with Gasteiger partial charge in [-0.1, -0.05) is 47.5 Å². The van der Waals surface area contributed by atoms with E-state index < -0.39 is 0 Å².